The van der Waals surface area contributed by atoms with Gasteiger partial charge in [0.25, 0.3) is 0 Å². The summed E-state index contributed by atoms with van der Waals surface area (Å²) in [6.07, 6.45) is 0. The summed E-state index contributed by atoms with van der Waals surface area (Å²) in [6.45, 7) is 2.23. The fourth-order valence-electron chi connectivity index (χ4n) is 8.57. The minimum atomic E-state index is 0.903. The largest absolute Gasteiger partial charge is 0.456 e. The van der Waals surface area contributed by atoms with Crippen molar-refractivity contribution in [2.24, 2.45) is 0 Å². The van der Waals surface area contributed by atoms with E-state index in [0.29, 0.717) is 0 Å². The van der Waals surface area contributed by atoms with E-state index in [2.05, 4.69) is 175 Å². The highest BCUT2D eigenvalue weighted by molar-refractivity contribution is 6.22. The standard InChI is InChI=1S/C50H32N2O/c1-31-47(33-14-3-2-4-15-33)39-19-7-9-22-42(39)51-50(31)52-43-28-26-32-13-5-6-18-37(32)48(43)40-27-25-35(30-44(40)52)34-16-11-17-36(29-34)38-21-12-24-46-49(38)41-20-8-10-23-45(41)53-46/h2-30H,1H3. The van der Waals surface area contributed by atoms with Crippen molar-refractivity contribution in [2.45, 2.75) is 6.92 Å². The van der Waals surface area contributed by atoms with Crippen LogP contribution in [0.25, 0.3) is 105 Å². The molecule has 0 saturated heterocycles. The molecule has 3 aromatic heterocycles. The molecule has 0 aliphatic carbocycles. The normalized spacial score (nSPS) is 11.9. The number of fused-ring (bicyclic) bond motifs is 9. The van der Waals surface area contributed by atoms with Crippen molar-refractivity contribution >= 4 is 65.4 Å². The van der Waals surface area contributed by atoms with Gasteiger partial charge in [-0.05, 0) is 87.5 Å². The van der Waals surface area contributed by atoms with Crippen LogP contribution in [0.5, 0.6) is 0 Å². The van der Waals surface area contributed by atoms with E-state index in [-0.39, 0.29) is 0 Å². The lowest BCUT2D eigenvalue weighted by Crippen LogP contribution is -2.03. The average Bonchev–Trinajstić information content (AvgIpc) is 3.77. The lowest BCUT2D eigenvalue weighted by molar-refractivity contribution is 0.669. The van der Waals surface area contributed by atoms with Gasteiger partial charge < -0.3 is 4.42 Å². The van der Waals surface area contributed by atoms with Crippen LogP contribution in [0.1, 0.15) is 5.56 Å². The zero-order valence-corrected chi connectivity index (χ0v) is 29.0. The highest BCUT2D eigenvalue weighted by Crippen LogP contribution is 2.43. The summed E-state index contributed by atoms with van der Waals surface area (Å²) >= 11 is 0. The lowest BCUT2D eigenvalue weighted by atomic mass is 9.95. The van der Waals surface area contributed by atoms with Crippen molar-refractivity contribution in [3.05, 3.63) is 181 Å². The number of furan rings is 1. The monoisotopic (exact) mass is 676 g/mol. The summed E-state index contributed by atoms with van der Waals surface area (Å²) in [5.74, 6) is 0.947. The van der Waals surface area contributed by atoms with Crippen LogP contribution in [0, 0.1) is 6.92 Å². The van der Waals surface area contributed by atoms with Gasteiger partial charge in [-0.15, -0.1) is 0 Å². The second kappa shape index (κ2) is 11.5. The van der Waals surface area contributed by atoms with Crippen LogP contribution in [-0.2, 0) is 0 Å². The number of para-hydroxylation sites is 2. The van der Waals surface area contributed by atoms with Crippen molar-refractivity contribution < 1.29 is 4.42 Å². The number of nitrogens with zero attached hydrogens (tertiary/aromatic N) is 2. The summed E-state index contributed by atoms with van der Waals surface area (Å²) in [5, 5.41) is 8.36. The van der Waals surface area contributed by atoms with E-state index >= 15 is 0 Å². The summed E-state index contributed by atoms with van der Waals surface area (Å²) in [5.41, 5.74) is 13.3. The zero-order chi connectivity index (χ0) is 35.0. The van der Waals surface area contributed by atoms with Crippen molar-refractivity contribution in [1.82, 2.24) is 9.55 Å². The first kappa shape index (κ1) is 29.7. The van der Waals surface area contributed by atoms with Crippen molar-refractivity contribution in [3.8, 4) is 39.2 Å². The molecule has 8 aromatic carbocycles. The van der Waals surface area contributed by atoms with Gasteiger partial charge in [-0.1, -0.05) is 140 Å². The van der Waals surface area contributed by atoms with E-state index in [1.165, 1.54) is 38.2 Å². The highest BCUT2D eigenvalue weighted by Gasteiger charge is 2.21. The Balaban J connectivity index is 1.19. The summed E-state index contributed by atoms with van der Waals surface area (Å²) < 4.78 is 8.66. The zero-order valence-electron chi connectivity index (χ0n) is 29.0. The maximum Gasteiger partial charge on any atom is 0.141 e. The van der Waals surface area contributed by atoms with Crippen LogP contribution >= 0.6 is 0 Å². The maximum atomic E-state index is 6.26. The Morgan fingerprint density at radius 3 is 2.06 bits per heavy atom. The van der Waals surface area contributed by atoms with E-state index in [0.717, 1.165) is 71.9 Å². The molecule has 3 nitrogen and oxygen atoms in total. The van der Waals surface area contributed by atoms with Crippen molar-refractivity contribution in [2.75, 3.05) is 0 Å². The van der Waals surface area contributed by atoms with Gasteiger partial charge in [-0.2, -0.15) is 0 Å². The third kappa shape index (κ3) is 4.51. The number of aromatic nitrogens is 2. The number of benzene rings is 8. The fourth-order valence-corrected chi connectivity index (χ4v) is 8.57. The quantitative estimate of drug-likeness (QED) is 0.186. The molecular weight excluding hydrogens is 645 g/mol. The second-order valence-electron chi connectivity index (χ2n) is 13.9. The van der Waals surface area contributed by atoms with E-state index in [9.17, 15) is 0 Å². The molecule has 11 aromatic rings. The van der Waals surface area contributed by atoms with Gasteiger partial charge >= 0.3 is 0 Å². The number of pyridine rings is 1. The van der Waals surface area contributed by atoms with E-state index in [1.54, 1.807) is 0 Å². The SMILES string of the molecule is Cc1c(-n2c3cc(-c4cccc(-c5cccc6oc7ccccc7c56)c4)ccc3c3c4ccccc4ccc32)nc2ccccc2c1-c1ccccc1. The third-order valence-electron chi connectivity index (χ3n) is 10.9. The Morgan fingerprint density at radius 1 is 0.453 bits per heavy atom. The van der Waals surface area contributed by atoms with Crippen LogP contribution in [0.3, 0.4) is 0 Å². The van der Waals surface area contributed by atoms with E-state index < -0.39 is 0 Å². The summed E-state index contributed by atoms with van der Waals surface area (Å²) in [6, 6.07) is 63.0. The van der Waals surface area contributed by atoms with Gasteiger partial charge in [0.15, 0.2) is 0 Å². The molecule has 0 amide bonds. The molecule has 0 radical (unpaired) electrons. The molecule has 248 valence electrons. The number of rotatable bonds is 4. The lowest BCUT2D eigenvalue weighted by Gasteiger charge is -2.17. The first-order valence-electron chi connectivity index (χ1n) is 18.1. The molecule has 53 heavy (non-hydrogen) atoms. The van der Waals surface area contributed by atoms with Gasteiger partial charge in [-0.25, -0.2) is 4.98 Å². The Kier molecular flexibility index (Phi) is 6.47. The molecule has 0 atom stereocenters. The van der Waals surface area contributed by atoms with Crippen LogP contribution in [-0.4, -0.2) is 9.55 Å². The second-order valence-corrected chi connectivity index (χ2v) is 13.9. The van der Waals surface area contributed by atoms with Gasteiger partial charge in [0.05, 0.1) is 16.6 Å². The molecule has 0 unspecified atom stereocenters. The van der Waals surface area contributed by atoms with Crippen LogP contribution in [0.4, 0.5) is 0 Å². The fraction of sp³-hybridized carbons (Fsp3) is 0.0200. The molecule has 0 aliphatic heterocycles. The van der Waals surface area contributed by atoms with E-state index in [1.807, 2.05) is 12.1 Å². The number of hydrogen-bond donors (Lipinski definition) is 0. The topological polar surface area (TPSA) is 31.0 Å². The molecule has 0 N–H and O–H groups in total. The van der Waals surface area contributed by atoms with E-state index in [4.69, 9.17) is 9.40 Å². The highest BCUT2D eigenvalue weighted by atomic mass is 16.3. The molecule has 0 bridgehead atoms. The Bertz CT molecular complexity index is 3240. The Labute approximate surface area is 306 Å². The van der Waals surface area contributed by atoms with Gasteiger partial charge in [0.2, 0.25) is 0 Å². The molecule has 3 heteroatoms. The van der Waals surface area contributed by atoms with Gasteiger partial charge in [0, 0.05) is 32.5 Å². The third-order valence-corrected chi connectivity index (χ3v) is 10.9. The Hall–Kier alpha value is -6.97. The van der Waals surface area contributed by atoms with Crippen LogP contribution in [0.2, 0.25) is 0 Å². The van der Waals surface area contributed by atoms with Gasteiger partial charge in [-0.3, -0.25) is 4.57 Å². The molecule has 0 saturated carbocycles. The predicted molar refractivity (Wildman–Crippen MR) is 222 cm³/mol. The molecule has 0 spiro atoms. The Morgan fingerprint density at radius 2 is 1.15 bits per heavy atom. The van der Waals surface area contributed by atoms with Gasteiger partial charge in [0.1, 0.15) is 17.0 Å². The van der Waals surface area contributed by atoms with Crippen molar-refractivity contribution in [3.63, 3.8) is 0 Å². The molecule has 0 fully saturated rings. The summed E-state index contributed by atoms with van der Waals surface area (Å²) in [4.78, 5) is 5.44. The first-order chi connectivity index (χ1) is 26.2. The van der Waals surface area contributed by atoms with Crippen LogP contribution < -0.4 is 0 Å². The minimum absolute atomic E-state index is 0.903. The number of hydrogen-bond acceptors (Lipinski definition) is 2. The molecule has 3 heterocycles. The smallest absolute Gasteiger partial charge is 0.141 e. The maximum absolute atomic E-state index is 6.26. The summed E-state index contributed by atoms with van der Waals surface area (Å²) in [7, 11) is 0. The van der Waals surface area contributed by atoms with Crippen LogP contribution in [0.15, 0.2) is 180 Å². The molecular formula is C50H32N2O. The minimum Gasteiger partial charge on any atom is -0.456 e. The molecule has 11 rings (SSSR count). The molecule has 0 aliphatic rings. The predicted octanol–water partition coefficient (Wildman–Crippen LogP) is 13.7. The van der Waals surface area contributed by atoms with Crippen molar-refractivity contribution in [1.29, 1.82) is 0 Å². The first-order valence-corrected chi connectivity index (χ1v) is 18.1. The average molecular weight is 677 g/mol.